The Balaban J connectivity index is 1.65. The molecule has 0 atom stereocenters. The highest BCUT2D eigenvalue weighted by Crippen LogP contribution is 2.28. The van der Waals surface area contributed by atoms with Crippen LogP contribution in [0.5, 0.6) is 11.5 Å². The number of hydrogen-bond acceptors (Lipinski definition) is 6. The first-order chi connectivity index (χ1) is 12.2. The van der Waals surface area contributed by atoms with Gasteiger partial charge < -0.3 is 13.9 Å². The molecule has 3 rings (SSSR count). The van der Waals surface area contributed by atoms with Crippen LogP contribution in [0.4, 0.5) is 0 Å². The maximum absolute atomic E-state index is 5.75. The fraction of sp³-hybridized carbons (Fsp3) is 0.263. The Morgan fingerprint density at radius 3 is 2.40 bits per heavy atom. The summed E-state index contributed by atoms with van der Waals surface area (Å²) in [4.78, 5) is 2.10. The second kappa shape index (κ2) is 7.81. The minimum Gasteiger partial charge on any atom is -0.493 e. The van der Waals surface area contributed by atoms with Crippen molar-refractivity contribution >= 4 is 0 Å². The Labute approximate surface area is 147 Å². The van der Waals surface area contributed by atoms with E-state index in [1.54, 1.807) is 14.2 Å². The summed E-state index contributed by atoms with van der Waals surface area (Å²) in [6.45, 7) is 1.29. The molecule has 0 aliphatic heterocycles. The van der Waals surface area contributed by atoms with Crippen LogP contribution in [-0.2, 0) is 13.1 Å². The van der Waals surface area contributed by atoms with Gasteiger partial charge in [-0.15, -0.1) is 10.2 Å². The first-order valence-corrected chi connectivity index (χ1v) is 7.97. The van der Waals surface area contributed by atoms with Crippen molar-refractivity contribution in [2.45, 2.75) is 13.1 Å². The summed E-state index contributed by atoms with van der Waals surface area (Å²) >= 11 is 0. The van der Waals surface area contributed by atoms with Gasteiger partial charge in [-0.05, 0) is 36.9 Å². The van der Waals surface area contributed by atoms with Crippen LogP contribution in [0.15, 0.2) is 52.9 Å². The fourth-order valence-electron chi connectivity index (χ4n) is 2.59. The summed E-state index contributed by atoms with van der Waals surface area (Å²) < 4.78 is 16.4. The van der Waals surface area contributed by atoms with Gasteiger partial charge in [-0.25, -0.2) is 0 Å². The number of methoxy groups -OCH3 is 2. The highest BCUT2D eigenvalue weighted by Gasteiger charge is 2.12. The number of rotatable bonds is 7. The summed E-state index contributed by atoms with van der Waals surface area (Å²) in [6, 6.07) is 15.6. The summed E-state index contributed by atoms with van der Waals surface area (Å²) in [7, 11) is 5.27. The smallest absolute Gasteiger partial charge is 0.247 e. The summed E-state index contributed by atoms with van der Waals surface area (Å²) in [5.74, 6) is 2.56. The van der Waals surface area contributed by atoms with E-state index in [4.69, 9.17) is 13.9 Å². The van der Waals surface area contributed by atoms with Gasteiger partial charge in [0.1, 0.15) is 0 Å². The molecule has 1 heterocycles. The number of ether oxygens (including phenoxy) is 2. The predicted octanol–water partition coefficient (Wildman–Crippen LogP) is 3.39. The van der Waals surface area contributed by atoms with Crippen molar-refractivity contribution in [3.63, 3.8) is 0 Å². The molecule has 25 heavy (non-hydrogen) atoms. The third-order valence-corrected chi connectivity index (χ3v) is 3.79. The molecule has 0 unspecified atom stereocenters. The van der Waals surface area contributed by atoms with E-state index >= 15 is 0 Å². The molecule has 0 saturated carbocycles. The van der Waals surface area contributed by atoms with Gasteiger partial charge in [0, 0.05) is 12.1 Å². The molecule has 0 aliphatic rings. The minimum atomic E-state index is 0.537. The maximum atomic E-state index is 5.75. The lowest BCUT2D eigenvalue weighted by atomic mass is 10.2. The zero-order valence-corrected chi connectivity index (χ0v) is 14.6. The van der Waals surface area contributed by atoms with Crippen LogP contribution in [0.25, 0.3) is 11.5 Å². The van der Waals surface area contributed by atoms with Crippen LogP contribution in [0.3, 0.4) is 0 Å². The van der Waals surface area contributed by atoms with Gasteiger partial charge >= 0.3 is 0 Å². The van der Waals surface area contributed by atoms with Crippen molar-refractivity contribution in [1.29, 1.82) is 0 Å². The minimum absolute atomic E-state index is 0.537. The molecule has 0 N–H and O–H groups in total. The predicted molar refractivity (Wildman–Crippen MR) is 94.5 cm³/mol. The van der Waals surface area contributed by atoms with Crippen molar-refractivity contribution < 1.29 is 13.9 Å². The molecule has 0 amide bonds. The molecule has 0 bridgehead atoms. The van der Waals surface area contributed by atoms with Gasteiger partial charge in [0.05, 0.1) is 20.8 Å². The SMILES string of the molecule is COc1ccc(CN(C)Cc2nnc(-c3ccccc3)o2)cc1OC. The molecule has 0 radical (unpaired) electrons. The van der Waals surface area contributed by atoms with Gasteiger partial charge in [0.25, 0.3) is 0 Å². The van der Waals surface area contributed by atoms with E-state index in [0.29, 0.717) is 18.3 Å². The number of hydrogen-bond donors (Lipinski definition) is 0. The Morgan fingerprint density at radius 2 is 1.68 bits per heavy atom. The second-order valence-electron chi connectivity index (χ2n) is 5.73. The van der Waals surface area contributed by atoms with Crippen LogP contribution in [0, 0.1) is 0 Å². The molecule has 0 spiro atoms. The van der Waals surface area contributed by atoms with Crippen LogP contribution in [0.1, 0.15) is 11.5 Å². The van der Waals surface area contributed by atoms with Crippen LogP contribution in [-0.4, -0.2) is 36.4 Å². The summed E-state index contributed by atoms with van der Waals surface area (Å²) in [5.41, 5.74) is 2.03. The molecule has 0 saturated heterocycles. The quantitative estimate of drug-likeness (QED) is 0.657. The van der Waals surface area contributed by atoms with E-state index in [1.165, 1.54) is 0 Å². The highest BCUT2D eigenvalue weighted by atomic mass is 16.5. The van der Waals surface area contributed by atoms with Crippen molar-refractivity contribution in [2.24, 2.45) is 0 Å². The Kier molecular flexibility index (Phi) is 5.30. The third-order valence-electron chi connectivity index (χ3n) is 3.79. The maximum Gasteiger partial charge on any atom is 0.247 e. The zero-order valence-electron chi connectivity index (χ0n) is 14.6. The first kappa shape index (κ1) is 17.0. The Bertz CT molecular complexity index is 818. The van der Waals surface area contributed by atoms with Crippen molar-refractivity contribution in [1.82, 2.24) is 15.1 Å². The molecular formula is C19H21N3O3. The van der Waals surface area contributed by atoms with E-state index in [2.05, 4.69) is 15.1 Å². The van der Waals surface area contributed by atoms with E-state index in [9.17, 15) is 0 Å². The van der Waals surface area contributed by atoms with E-state index < -0.39 is 0 Å². The fourth-order valence-corrected chi connectivity index (χ4v) is 2.59. The average molecular weight is 339 g/mol. The van der Waals surface area contributed by atoms with Crippen molar-refractivity contribution in [3.8, 4) is 23.0 Å². The van der Waals surface area contributed by atoms with Gasteiger partial charge in [-0.2, -0.15) is 0 Å². The average Bonchev–Trinajstić information content (AvgIpc) is 3.10. The monoisotopic (exact) mass is 339 g/mol. The van der Waals surface area contributed by atoms with E-state index in [1.807, 2.05) is 55.6 Å². The summed E-state index contributed by atoms with van der Waals surface area (Å²) in [6.07, 6.45) is 0. The normalized spacial score (nSPS) is 10.9. The highest BCUT2D eigenvalue weighted by molar-refractivity contribution is 5.51. The molecule has 130 valence electrons. The molecule has 0 aliphatic carbocycles. The molecule has 1 aromatic heterocycles. The lowest BCUT2D eigenvalue weighted by molar-refractivity contribution is 0.282. The largest absolute Gasteiger partial charge is 0.493 e. The molecule has 6 nitrogen and oxygen atoms in total. The zero-order chi connectivity index (χ0) is 17.6. The Hall–Kier alpha value is -2.86. The Morgan fingerprint density at radius 1 is 0.920 bits per heavy atom. The van der Waals surface area contributed by atoms with E-state index in [-0.39, 0.29) is 0 Å². The van der Waals surface area contributed by atoms with Gasteiger partial charge in [0.15, 0.2) is 11.5 Å². The van der Waals surface area contributed by atoms with Gasteiger partial charge in [0.2, 0.25) is 11.8 Å². The molecule has 2 aromatic carbocycles. The summed E-state index contributed by atoms with van der Waals surface area (Å²) in [5, 5.41) is 8.25. The van der Waals surface area contributed by atoms with E-state index in [0.717, 1.165) is 29.2 Å². The van der Waals surface area contributed by atoms with Crippen molar-refractivity contribution in [3.05, 3.63) is 60.0 Å². The van der Waals surface area contributed by atoms with Crippen LogP contribution < -0.4 is 9.47 Å². The van der Waals surface area contributed by atoms with Gasteiger partial charge in [-0.1, -0.05) is 24.3 Å². The molecule has 6 heteroatoms. The van der Waals surface area contributed by atoms with Crippen LogP contribution >= 0.6 is 0 Å². The first-order valence-electron chi connectivity index (χ1n) is 7.97. The third kappa shape index (κ3) is 4.16. The van der Waals surface area contributed by atoms with Gasteiger partial charge in [-0.3, -0.25) is 4.90 Å². The number of benzene rings is 2. The second-order valence-corrected chi connectivity index (χ2v) is 5.73. The molecular weight excluding hydrogens is 318 g/mol. The lowest BCUT2D eigenvalue weighted by Gasteiger charge is -2.16. The lowest BCUT2D eigenvalue weighted by Crippen LogP contribution is -2.17. The molecule has 0 fully saturated rings. The standard InChI is InChI=1S/C19H21N3O3/c1-22(12-14-9-10-16(23-2)17(11-14)24-3)13-18-20-21-19(25-18)15-7-5-4-6-8-15/h4-11H,12-13H2,1-3H3. The topological polar surface area (TPSA) is 60.6 Å². The van der Waals surface area contributed by atoms with Crippen LogP contribution in [0.2, 0.25) is 0 Å². The number of nitrogens with zero attached hydrogens (tertiary/aromatic N) is 3. The van der Waals surface area contributed by atoms with Crippen molar-refractivity contribution in [2.75, 3.05) is 21.3 Å². The number of aromatic nitrogens is 2. The molecule has 3 aromatic rings.